The van der Waals surface area contributed by atoms with Crippen molar-refractivity contribution in [1.29, 1.82) is 0 Å². The van der Waals surface area contributed by atoms with Gasteiger partial charge in [-0.05, 0) is 12.8 Å². The Labute approximate surface area is 119 Å². The van der Waals surface area contributed by atoms with Crippen LogP contribution in [-0.2, 0) is 20.0 Å². The van der Waals surface area contributed by atoms with E-state index < -0.39 is 0 Å². The Bertz CT molecular complexity index is 537. The van der Waals surface area contributed by atoms with E-state index in [1.54, 1.807) is 11.0 Å². The molecule has 1 fully saturated rings. The molecule has 0 radical (unpaired) electrons. The summed E-state index contributed by atoms with van der Waals surface area (Å²) in [6.45, 7) is 0.860. The van der Waals surface area contributed by atoms with Gasteiger partial charge in [0.05, 0.1) is 0 Å². The fraction of sp³-hybridized carbons (Fsp3) is 0.643. The summed E-state index contributed by atoms with van der Waals surface area (Å²) in [6, 6.07) is 0.581. The van der Waals surface area contributed by atoms with Crippen LogP contribution in [0.5, 0.6) is 0 Å². The Morgan fingerprint density at radius 1 is 1.25 bits per heavy atom. The van der Waals surface area contributed by atoms with Gasteiger partial charge in [0.15, 0.2) is 5.82 Å². The van der Waals surface area contributed by atoms with Crippen molar-refractivity contribution in [2.24, 2.45) is 7.05 Å². The second-order valence-corrected chi connectivity index (χ2v) is 5.51. The fourth-order valence-electron chi connectivity index (χ4n) is 2.78. The van der Waals surface area contributed by atoms with Crippen molar-refractivity contribution in [3.8, 4) is 0 Å². The maximum absolute atomic E-state index is 4.43. The van der Waals surface area contributed by atoms with Gasteiger partial charge in [0, 0.05) is 38.4 Å². The first-order valence-corrected chi connectivity index (χ1v) is 7.43. The molecule has 2 heterocycles. The Kier molecular flexibility index (Phi) is 3.99. The van der Waals surface area contributed by atoms with Gasteiger partial charge in [-0.2, -0.15) is 5.10 Å². The fourth-order valence-corrected chi connectivity index (χ4v) is 2.78. The monoisotopic (exact) mass is 274 g/mol. The van der Waals surface area contributed by atoms with E-state index in [0.29, 0.717) is 6.04 Å². The van der Waals surface area contributed by atoms with Crippen LogP contribution in [0.25, 0.3) is 0 Å². The van der Waals surface area contributed by atoms with Crippen LogP contribution >= 0.6 is 0 Å². The smallest absolute Gasteiger partial charge is 0.202 e. The molecule has 0 aromatic carbocycles. The van der Waals surface area contributed by atoms with Crippen molar-refractivity contribution in [2.75, 3.05) is 5.32 Å². The second-order valence-electron chi connectivity index (χ2n) is 5.51. The predicted molar refractivity (Wildman–Crippen MR) is 77.4 cm³/mol. The van der Waals surface area contributed by atoms with E-state index in [1.165, 1.54) is 32.1 Å². The van der Waals surface area contributed by atoms with Gasteiger partial charge in [-0.25, -0.2) is 9.97 Å². The second kappa shape index (κ2) is 6.07. The molecule has 20 heavy (non-hydrogen) atoms. The van der Waals surface area contributed by atoms with Crippen molar-refractivity contribution in [1.82, 2.24) is 24.3 Å². The number of nitrogens with one attached hydrogen (secondary N) is 1. The molecule has 1 N–H and O–H groups in total. The quantitative estimate of drug-likeness (QED) is 0.906. The molecule has 1 saturated carbocycles. The molecular weight excluding hydrogens is 252 g/mol. The lowest BCUT2D eigenvalue weighted by atomic mass is 9.96. The van der Waals surface area contributed by atoms with Crippen molar-refractivity contribution in [3.05, 3.63) is 24.5 Å². The van der Waals surface area contributed by atoms with Crippen LogP contribution in [0.3, 0.4) is 0 Å². The zero-order valence-corrected chi connectivity index (χ0v) is 12.0. The van der Waals surface area contributed by atoms with Crippen LogP contribution in [-0.4, -0.2) is 30.4 Å². The van der Waals surface area contributed by atoms with E-state index in [-0.39, 0.29) is 0 Å². The molecule has 6 heteroatoms. The molecule has 6 nitrogen and oxygen atoms in total. The van der Waals surface area contributed by atoms with Crippen LogP contribution in [0.1, 0.15) is 37.9 Å². The summed E-state index contributed by atoms with van der Waals surface area (Å²) in [7, 11) is 1.89. The van der Waals surface area contributed by atoms with E-state index >= 15 is 0 Å². The van der Waals surface area contributed by atoms with Gasteiger partial charge in [-0.1, -0.05) is 19.3 Å². The average Bonchev–Trinajstić information content (AvgIpc) is 3.07. The number of imidazole rings is 1. The minimum absolute atomic E-state index is 0.581. The summed E-state index contributed by atoms with van der Waals surface area (Å²) in [5.74, 6) is 1.86. The van der Waals surface area contributed by atoms with Crippen LogP contribution < -0.4 is 5.32 Å². The largest absolute Gasteiger partial charge is 0.353 e. The van der Waals surface area contributed by atoms with Crippen molar-refractivity contribution < 1.29 is 0 Å². The van der Waals surface area contributed by atoms with Crippen molar-refractivity contribution in [3.63, 3.8) is 0 Å². The van der Waals surface area contributed by atoms with Crippen molar-refractivity contribution in [2.45, 2.75) is 51.1 Å². The molecule has 2 aromatic rings. The molecule has 1 aliphatic carbocycles. The highest BCUT2D eigenvalue weighted by molar-refractivity contribution is 5.27. The highest BCUT2D eigenvalue weighted by atomic mass is 15.3. The molecule has 0 amide bonds. The van der Waals surface area contributed by atoms with Crippen LogP contribution in [0.4, 0.5) is 5.95 Å². The molecular formula is C14H22N6. The van der Waals surface area contributed by atoms with Crippen LogP contribution in [0.15, 0.2) is 18.7 Å². The molecule has 3 rings (SSSR count). The Morgan fingerprint density at radius 2 is 2.10 bits per heavy atom. The maximum Gasteiger partial charge on any atom is 0.202 e. The number of nitrogens with zero attached hydrogens (tertiary/aromatic N) is 5. The zero-order valence-electron chi connectivity index (χ0n) is 12.0. The van der Waals surface area contributed by atoms with Gasteiger partial charge in [0.2, 0.25) is 5.95 Å². The standard InChI is InChI=1S/C14H22N6/c1-19-11-16-13(18-19)7-9-20-10-8-15-14(20)17-12-5-3-2-4-6-12/h8,10-12H,2-7,9H2,1H3,(H,15,17). The Morgan fingerprint density at radius 3 is 2.85 bits per heavy atom. The SMILES string of the molecule is Cn1cnc(CCn2ccnc2NC2CCCCC2)n1. The summed E-state index contributed by atoms with van der Waals surface area (Å²) in [5, 5.41) is 7.88. The summed E-state index contributed by atoms with van der Waals surface area (Å²) in [6.07, 6.45) is 13.0. The third kappa shape index (κ3) is 3.18. The summed E-state index contributed by atoms with van der Waals surface area (Å²) < 4.78 is 3.90. The Balaban J connectivity index is 1.58. The normalized spacial score (nSPS) is 16.4. The van der Waals surface area contributed by atoms with Gasteiger partial charge >= 0.3 is 0 Å². The molecule has 0 saturated heterocycles. The van der Waals surface area contributed by atoms with Gasteiger partial charge in [-0.3, -0.25) is 4.68 Å². The van der Waals surface area contributed by atoms with Crippen molar-refractivity contribution >= 4 is 5.95 Å². The summed E-state index contributed by atoms with van der Waals surface area (Å²) >= 11 is 0. The van der Waals surface area contributed by atoms with E-state index in [1.807, 2.05) is 19.4 Å². The minimum atomic E-state index is 0.581. The lowest BCUT2D eigenvalue weighted by Crippen LogP contribution is -2.24. The van der Waals surface area contributed by atoms with Gasteiger partial charge < -0.3 is 9.88 Å². The van der Waals surface area contributed by atoms with Gasteiger partial charge in [0.1, 0.15) is 6.33 Å². The van der Waals surface area contributed by atoms with Gasteiger partial charge in [-0.15, -0.1) is 0 Å². The first-order valence-electron chi connectivity index (χ1n) is 7.43. The number of rotatable bonds is 5. The highest BCUT2D eigenvalue weighted by Crippen LogP contribution is 2.21. The van der Waals surface area contributed by atoms with Crippen LogP contribution in [0, 0.1) is 0 Å². The molecule has 2 aromatic heterocycles. The first kappa shape index (κ1) is 13.1. The number of hydrogen-bond acceptors (Lipinski definition) is 4. The van der Waals surface area contributed by atoms with E-state index in [4.69, 9.17) is 0 Å². The zero-order chi connectivity index (χ0) is 13.8. The molecule has 0 spiro atoms. The topological polar surface area (TPSA) is 60.6 Å². The summed E-state index contributed by atoms with van der Waals surface area (Å²) in [4.78, 5) is 8.69. The first-order chi connectivity index (χ1) is 9.81. The molecule has 0 aliphatic heterocycles. The average molecular weight is 274 g/mol. The van der Waals surface area contributed by atoms with Gasteiger partial charge in [0.25, 0.3) is 0 Å². The molecule has 0 atom stereocenters. The predicted octanol–water partition coefficient (Wildman–Crippen LogP) is 2.00. The highest BCUT2D eigenvalue weighted by Gasteiger charge is 2.15. The maximum atomic E-state index is 4.43. The molecule has 0 bridgehead atoms. The number of hydrogen-bond donors (Lipinski definition) is 1. The third-order valence-corrected chi connectivity index (χ3v) is 3.88. The number of anilines is 1. The van der Waals surface area contributed by atoms with E-state index in [0.717, 1.165) is 24.7 Å². The lowest BCUT2D eigenvalue weighted by Gasteiger charge is -2.23. The summed E-state index contributed by atoms with van der Waals surface area (Å²) in [5.41, 5.74) is 0. The molecule has 108 valence electrons. The lowest BCUT2D eigenvalue weighted by molar-refractivity contribution is 0.458. The van der Waals surface area contributed by atoms with Crippen LogP contribution in [0.2, 0.25) is 0 Å². The third-order valence-electron chi connectivity index (χ3n) is 3.88. The Hall–Kier alpha value is -1.85. The minimum Gasteiger partial charge on any atom is -0.353 e. The molecule has 1 aliphatic rings. The molecule has 0 unspecified atom stereocenters. The number of aryl methyl sites for hydroxylation is 3. The van der Waals surface area contributed by atoms with E-state index in [9.17, 15) is 0 Å². The number of aromatic nitrogens is 5. The van der Waals surface area contributed by atoms with E-state index in [2.05, 4.69) is 25.0 Å².